The zero-order valence-corrected chi connectivity index (χ0v) is 14.8. The summed E-state index contributed by atoms with van der Waals surface area (Å²) in [6, 6.07) is 10.1. The predicted octanol–water partition coefficient (Wildman–Crippen LogP) is 3.33. The Morgan fingerprint density at radius 2 is 1.88 bits per heavy atom. The zero-order valence-electron chi connectivity index (χ0n) is 14.0. The number of nitrogens with zero attached hydrogens (tertiary/aromatic N) is 1. The van der Waals surface area contributed by atoms with Crippen molar-refractivity contribution in [2.24, 2.45) is 5.92 Å². The third-order valence-electron chi connectivity index (χ3n) is 4.17. The molecule has 1 saturated heterocycles. The molecule has 3 N–H and O–H groups in total. The summed E-state index contributed by atoms with van der Waals surface area (Å²) in [4.78, 5) is 37.7. The van der Waals surface area contributed by atoms with Gasteiger partial charge in [0.25, 0.3) is 5.91 Å². The molecular weight excluding hydrogens is 354 g/mol. The molecule has 1 unspecified atom stereocenters. The molecule has 1 atom stereocenters. The molecule has 0 saturated carbocycles. The van der Waals surface area contributed by atoms with Crippen LogP contribution in [-0.4, -0.2) is 41.0 Å². The van der Waals surface area contributed by atoms with Crippen molar-refractivity contribution in [2.75, 3.05) is 23.7 Å². The number of carbonyl (C=O) groups excluding carboxylic acids is 2. The van der Waals surface area contributed by atoms with Gasteiger partial charge in [-0.1, -0.05) is 12.1 Å². The van der Waals surface area contributed by atoms with Crippen molar-refractivity contribution in [3.8, 4) is 0 Å². The molecule has 1 fully saturated rings. The van der Waals surface area contributed by atoms with Crippen molar-refractivity contribution in [3.63, 3.8) is 0 Å². The normalized spacial score (nSPS) is 16.8. The number of piperidine rings is 1. The van der Waals surface area contributed by atoms with E-state index in [0.717, 1.165) is 0 Å². The molecule has 1 aromatic heterocycles. The third kappa shape index (κ3) is 4.40. The van der Waals surface area contributed by atoms with Crippen LogP contribution in [0.15, 0.2) is 41.8 Å². The molecule has 1 aliphatic rings. The van der Waals surface area contributed by atoms with E-state index in [0.29, 0.717) is 35.6 Å². The zero-order chi connectivity index (χ0) is 18.5. The molecule has 1 aliphatic heterocycles. The van der Waals surface area contributed by atoms with Crippen LogP contribution < -0.4 is 10.6 Å². The Labute approximate surface area is 154 Å². The maximum atomic E-state index is 12.4. The standard InChI is InChI=1S/C18H19N3O4S/c22-16(15-7-3-9-26-15)19-13-5-1-6-14(10-13)20-18(25)21-8-2-4-12(11-21)17(23)24/h1,3,5-7,9-10,12H,2,4,8,11H2,(H,19,22)(H,20,25)(H,23,24). The number of likely N-dealkylation sites (tertiary alicyclic amines) is 1. The Morgan fingerprint density at radius 1 is 1.12 bits per heavy atom. The van der Waals surface area contributed by atoms with Gasteiger partial charge in [-0.15, -0.1) is 11.3 Å². The molecule has 1 aromatic carbocycles. The number of amides is 3. The Bertz CT molecular complexity index is 807. The van der Waals surface area contributed by atoms with E-state index in [1.165, 1.54) is 16.2 Å². The van der Waals surface area contributed by atoms with Gasteiger partial charge in [0.2, 0.25) is 0 Å². The Morgan fingerprint density at radius 3 is 2.58 bits per heavy atom. The van der Waals surface area contributed by atoms with Crippen LogP contribution in [0, 0.1) is 5.92 Å². The van der Waals surface area contributed by atoms with Gasteiger partial charge >= 0.3 is 12.0 Å². The lowest BCUT2D eigenvalue weighted by atomic mass is 9.99. The van der Waals surface area contributed by atoms with Gasteiger partial charge in [-0.05, 0) is 42.5 Å². The molecule has 0 spiro atoms. The summed E-state index contributed by atoms with van der Waals surface area (Å²) in [7, 11) is 0. The van der Waals surface area contributed by atoms with Crippen LogP contribution in [0.4, 0.5) is 16.2 Å². The molecule has 2 aromatic rings. The number of nitrogens with one attached hydrogen (secondary N) is 2. The van der Waals surface area contributed by atoms with Crippen molar-refractivity contribution in [1.29, 1.82) is 0 Å². The highest BCUT2D eigenvalue weighted by Crippen LogP contribution is 2.20. The molecule has 136 valence electrons. The lowest BCUT2D eigenvalue weighted by Gasteiger charge is -2.30. The van der Waals surface area contributed by atoms with Crippen molar-refractivity contribution >= 4 is 40.6 Å². The van der Waals surface area contributed by atoms with Crippen molar-refractivity contribution in [2.45, 2.75) is 12.8 Å². The van der Waals surface area contributed by atoms with Crippen LogP contribution >= 0.6 is 11.3 Å². The Kier molecular flexibility index (Phi) is 5.52. The van der Waals surface area contributed by atoms with Gasteiger partial charge in [0, 0.05) is 24.5 Å². The number of benzene rings is 1. The van der Waals surface area contributed by atoms with E-state index in [1.54, 1.807) is 36.4 Å². The number of hydrogen-bond acceptors (Lipinski definition) is 4. The number of carbonyl (C=O) groups is 3. The quantitative estimate of drug-likeness (QED) is 0.765. The maximum absolute atomic E-state index is 12.4. The summed E-state index contributed by atoms with van der Waals surface area (Å²) in [6.45, 7) is 0.736. The van der Waals surface area contributed by atoms with Crippen LogP contribution in [-0.2, 0) is 4.79 Å². The summed E-state index contributed by atoms with van der Waals surface area (Å²) in [5.41, 5.74) is 1.11. The maximum Gasteiger partial charge on any atom is 0.321 e. The number of urea groups is 1. The van der Waals surface area contributed by atoms with Gasteiger partial charge in [0.15, 0.2) is 0 Å². The van der Waals surface area contributed by atoms with Gasteiger partial charge in [0.05, 0.1) is 10.8 Å². The van der Waals surface area contributed by atoms with Crippen LogP contribution in [0.1, 0.15) is 22.5 Å². The summed E-state index contributed by atoms with van der Waals surface area (Å²) >= 11 is 1.35. The molecule has 3 rings (SSSR count). The van der Waals surface area contributed by atoms with Crippen LogP contribution in [0.25, 0.3) is 0 Å². The number of carboxylic acid groups (broad SMARTS) is 1. The second-order valence-electron chi connectivity index (χ2n) is 6.07. The SMILES string of the molecule is O=C(Nc1cccc(NC(=O)N2CCCC(C(=O)O)C2)c1)c1cccs1. The first-order valence-electron chi connectivity index (χ1n) is 8.26. The van der Waals surface area contributed by atoms with E-state index in [4.69, 9.17) is 5.11 Å². The van der Waals surface area contributed by atoms with Crippen LogP contribution in [0.5, 0.6) is 0 Å². The highest BCUT2D eigenvalue weighted by molar-refractivity contribution is 7.12. The van der Waals surface area contributed by atoms with E-state index in [1.807, 2.05) is 5.38 Å². The minimum atomic E-state index is -0.874. The third-order valence-corrected chi connectivity index (χ3v) is 5.04. The largest absolute Gasteiger partial charge is 0.481 e. The fourth-order valence-corrected chi connectivity index (χ4v) is 3.46. The van der Waals surface area contributed by atoms with Gasteiger partial charge in [0.1, 0.15) is 0 Å². The van der Waals surface area contributed by atoms with Crippen molar-refractivity contribution in [1.82, 2.24) is 4.90 Å². The van der Waals surface area contributed by atoms with Gasteiger partial charge in [-0.25, -0.2) is 4.79 Å². The number of rotatable bonds is 4. The summed E-state index contributed by atoms with van der Waals surface area (Å²) in [5.74, 6) is -1.60. The van der Waals surface area contributed by atoms with E-state index in [9.17, 15) is 14.4 Å². The van der Waals surface area contributed by atoms with E-state index >= 15 is 0 Å². The van der Waals surface area contributed by atoms with Crippen LogP contribution in [0.2, 0.25) is 0 Å². The number of carboxylic acids is 1. The molecule has 0 aliphatic carbocycles. The topological polar surface area (TPSA) is 98.7 Å². The van der Waals surface area contributed by atoms with Crippen molar-refractivity contribution in [3.05, 3.63) is 46.7 Å². The van der Waals surface area contributed by atoms with Gasteiger partial charge in [-0.2, -0.15) is 0 Å². The fraction of sp³-hybridized carbons (Fsp3) is 0.278. The number of anilines is 2. The monoisotopic (exact) mass is 373 g/mol. The molecule has 8 heteroatoms. The lowest BCUT2D eigenvalue weighted by molar-refractivity contribution is -0.143. The Balaban J connectivity index is 1.62. The van der Waals surface area contributed by atoms with Gasteiger partial charge < -0.3 is 20.6 Å². The average molecular weight is 373 g/mol. The second kappa shape index (κ2) is 8.01. The Hall–Kier alpha value is -2.87. The number of aliphatic carboxylic acids is 1. The van der Waals surface area contributed by atoms with Gasteiger partial charge in [-0.3, -0.25) is 9.59 Å². The van der Waals surface area contributed by atoms with E-state index in [2.05, 4.69) is 10.6 Å². The lowest BCUT2D eigenvalue weighted by Crippen LogP contribution is -2.44. The smallest absolute Gasteiger partial charge is 0.321 e. The molecule has 7 nitrogen and oxygen atoms in total. The summed E-state index contributed by atoms with van der Waals surface area (Å²) < 4.78 is 0. The van der Waals surface area contributed by atoms with Crippen LogP contribution in [0.3, 0.4) is 0 Å². The first kappa shape index (κ1) is 17.9. The fourth-order valence-electron chi connectivity index (χ4n) is 2.84. The van der Waals surface area contributed by atoms with E-state index in [-0.39, 0.29) is 18.5 Å². The average Bonchev–Trinajstić information content (AvgIpc) is 3.17. The summed E-state index contributed by atoms with van der Waals surface area (Å²) in [6.07, 6.45) is 1.25. The highest BCUT2D eigenvalue weighted by atomic mass is 32.1. The first-order chi connectivity index (χ1) is 12.5. The molecular formula is C18H19N3O4S. The molecule has 0 bridgehead atoms. The molecule has 26 heavy (non-hydrogen) atoms. The molecule has 3 amide bonds. The van der Waals surface area contributed by atoms with Crippen molar-refractivity contribution < 1.29 is 19.5 Å². The number of thiophene rings is 1. The highest BCUT2D eigenvalue weighted by Gasteiger charge is 2.28. The molecule has 0 radical (unpaired) electrons. The second-order valence-corrected chi connectivity index (χ2v) is 7.01. The predicted molar refractivity (Wildman–Crippen MR) is 99.7 cm³/mol. The minimum Gasteiger partial charge on any atom is -0.481 e. The first-order valence-corrected chi connectivity index (χ1v) is 9.14. The number of hydrogen-bond donors (Lipinski definition) is 3. The minimum absolute atomic E-state index is 0.204. The summed E-state index contributed by atoms with van der Waals surface area (Å²) in [5, 5.41) is 16.5. The molecule has 2 heterocycles. The van der Waals surface area contributed by atoms with E-state index < -0.39 is 11.9 Å².